The van der Waals surface area contributed by atoms with Gasteiger partial charge in [0.15, 0.2) is 5.78 Å². The van der Waals surface area contributed by atoms with Crippen molar-refractivity contribution < 1.29 is 4.79 Å². The van der Waals surface area contributed by atoms with Gasteiger partial charge in [-0.25, -0.2) is 0 Å². The Morgan fingerprint density at radius 3 is 2.77 bits per heavy atom. The largest absolute Gasteiger partial charge is 0.397 e. The lowest BCUT2D eigenvalue weighted by atomic mass is 10.1. The van der Waals surface area contributed by atoms with Crippen LogP contribution < -0.4 is 5.73 Å². The summed E-state index contributed by atoms with van der Waals surface area (Å²) in [6.07, 6.45) is 0. The molecule has 1 aromatic carbocycles. The van der Waals surface area contributed by atoms with Gasteiger partial charge in [0, 0.05) is 9.13 Å². The zero-order chi connectivity index (χ0) is 10.0. The van der Waals surface area contributed by atoms with Gasteiger partial charge in [0.2, 0.25) is 0 Å². The molecule has 0 heterocycles. The number of halogens is 2. The van der Waals surface area contributed by atoms with Gasteiger partial charge in [-0.3, -0.25) is 4.79 Å². The molecule has 0 aliphatic rings. The van der Waals surface area contributed by atoms with E-state index in [1.54, 1.807) is 19.1 Å². The molecule has 2 N–H and O–H groups in total. The molecule has 0 saturated carbocycles. The van der Waals surface area contributed by atoms with Crippen LogP contribution in [-0.4, -0.2) is 11.2 Å². The summed E-state index contributed by atoms with van der Waals surface area (Å²) in [6.45, 7) is 1.64. The number of nitrogens with two attached hydrogens (primary N) is 1. The van der Waals surface area contributed by atoms with E-state index in [1.807, 2.05) is 6.07 Å². The highest BCUT2D eigenvalue weighted by atomic mass is 127. The molecule has 1 atom stereocenters. The maximum absolute atomic E-state index is 11.5. The molecule has 0 saturated heterocycles. The number of anilines is 1. The molecule has 1 aromatic rings. The number of carbonyl (C=O) groups is 1. The molecule has 0 aliphatic carbocycles. The van der Waals surface area contributed by atoms with Gasteiger partial charge in [0.05, 0.1) is 11.1 Å². The molecule has 1 unspecified atom stereocenters. The Balaban J connectivity index is 3.15. The van der Waals surface area contributed by atoms with Crippen LogP contribution in [0.15, 0.2) is 18.2 Å². The van der Waals surface area contributed by atoms with E-state index in [0.29, 0.717) is 11.3 Å². The van der Waals surface area contributed by atoms with Gasteiger partial charge in [-0.2, -0.15) is 0 Å². The number of nitrogen functional groups attached to an aromatic ring is 1. The van der Waals surface area contributed by atoms with E-state index in [9.17, 15) is 4.79 Å². The van der Waals surface area contributed by atoms with Crippen LogP contribution in [0.3, 0.4) is 0 Å². The van der Waals surface area contributed by atoms with E-state index in [1.165, 1.54) is 0 Å². The minimum atomic E-state index is -0.527. The van der Waals surface area contributed by atoms with Crippen LogP contribution in [0.4, 0.5) is 5.69 Å². The first-order valence-corrected chi connectivity index (χ1v) is 5.28. The molecule has 0 bridgehead atoms. The monoisotopic (exact) mass is 309 g/mol. The third-order valence-electron chi connectivity index (χ3n) is 1.68. The van der Waals surface area contributed by atoms with Crippen molar-refractivity contribution in [1.82, 2.24) is 0 Å². The summed E-state index contributed by atoms with van der Waals surface area (Å²) in [5, 5.41) is -0.527. The molecule has 70 valence electrons. The summed E-state index contributed by atoms with van der Waals surface area (Å²) in [7, 11) is 0. The summed E-state index contributed by atoms with van der Waals surface area (Å²) >= 11 is 7.77. The van der Waals surface area contributed by atoms with Crippen molar-refractivity contribution in [2.45, 2.75) is 12.3 Å². The Hall–Kier alpha value is -0.290. The van der Waals surface area contributed by atoms with Crippen molar-refractivity contribution in [3.8, 4) is 0 Å². The number of benzene rings is 1. The van der Waals surface area contributed by atoms with Gasteiger partial charge < -0.3 is 5.73 Å². The Morgan fingerprint density at radius 1 is 1.62 bits per heavy atom. The summed E-state index contributed by atoms with van der Waals surface area (Å²) in [6, 6.07) is 5.34. The fourth-order valence-corrected chi connectivity index (χ4v) is 1.58. The second-order valence-electron chi connectivity index (χ2n) is 2.68. The van der Waals surface area contributed by atoms with E-state index >= 15 is 0 Å². The molecule has 0 spiro atoms. The lowest BCUT2D eigenvalue weighted by Crippen LogP contribution is -2.13. The Labute approximate surface area is 95.6 Å². The van der Waals surface area contributed by atoms with Crippen molar-refractivity contribution in [3.05, 3.63) is 27.3 Å². The van der Waals surface area contributed by atoms with Gasteiger partial charge >= 0.3 is 0 Å². The van der Waals surface area contributed by atoms with Crippen molar-refractivity contribution in [2.24, 2.45) is 0 Å². The molecule has 0 radical (unpaired) electrons. The van der Waals surface area contributed by atoms with Crippen LogP contribution in [0, 0.1) is 3.57 Å². The van der Waals surface area contributed by atoms with E-state index in [-0.39, 0.29) is 5.78 Å². The van der Waals surface area contributed by atoms with Gasteiger partial charge in [0.1, 0.15) is 0 Å². The molecule has 13 heavy (non-hydrogen) atoms. The normalized spacial score (nSPS) is 12.5. The van der Waals surface area contributed by atoms with Gasteiger partial charge in [-0.15, -0.1) is 11.6 Å². The van der Waals surface area contributed by atoms with Gasteiger partial charge in [0.25, 0.3) is 0 Å². The number of hydrogen-bond acceptors (Lipinski definition) is 2. The maximum atomic E-state index is 11.5. The summed E-state index contributed by atoms with van der Waals surface area (Å²) in [4.78, 5) is 11.5. The lowest BCUT2D eigenvalue weighted by molar-refractivity contribution is 0.0992. The average molecular weight is 310 g/mol. The van der Waals surface area contributed by atoms with Crippen LogP contribution in [-0.2, 0) is 0 Å². The molecular formula is C9H9ClINO. The predicted octanol–water partition coefficient (Wildman–Crippen LogP) is 2.68. The fraction of sp³-hybridized carbons (Fsp3) is 0.222. The molecule has 1 rings (SSSR count). The maximum Gasteiger partial charge on any atom is 0.182 e. The quantitative estimate of drug-likeness (QED) is 0.395. The Bertz CT molecular complexity index is 338. The van der Waals surface area contributed by atoms with Crippen LogP contribution in [0.1, 0.15) is 17.3 Å². The number of para-hydroxylation sites is 1. The number of ketones is 1. The molecule has 4 heteroatoms. The third kappa shape index (κ3) is 2.34. The molecule has 0 amide bonds. The standard InChI is InChI=1S/C9H9ClINO/c1-5(10)9(13)6-3-2-4-7(11)8(6)12/h2-5H,12H2,1H3. The molecular weight excluding hydrogens is 300 g/mol. The fourth-order valence-electron chi connectivity index (χ4n) is 0.966. The second-order valence-corrected chi connectivity index (χ2v) is 4.50. The van der Waals surface area contributed by atoms with E-state index in [2.05, 4.69) is 22.6 Å². The van der Waals surface area contributed by atoms with Crippen LogP contribution in [0.2, 0.25) is 0 Å². The minimum Gasteiger partial charge on any atom is -0.397 e. The Morgan fingerprint density at radius 2 is 2.23 bits per heavy atom. The molecule has 0 fully saturated rings. The van der Waals surface area contributed by atoms with Crippen LogP contribution in [0.25, 0.3) is 0 Å². The first kappa shape index (κ1) is 10.8. The smallest absolute Gasteiger partial charge is 0.182 e. The second kappa shape index (κ2) is 4.28. The van der Waals surface area contributed by atoms with Crippen molar-refractivity contribution in [3.63, 3.8) is 0 Å². The minimum absolute atomic E-state index is 0.127. The highest BCUT2D eigenvalue weighted by molar-refractivity contribution is 14.1. The van der Waals surface area contributed by atoms with E-state index in [4.69, 9.17) is 17.3 Å². The van der Waals surface area contributed by atoms with Crippen molar-refractivity contribution in [1.29, 1.82) is 0 Å². The number of Topliss-reactive ketones (excluding diaryl/α,β-unsaturated/α-hetero) is 1. The van der Waals surface area contributed by atoms with E-state index < -0.39 is 5.38 Å². The van der Waals surface area contributed by atoms with Crippen LogP contribution in [0.5, 0.6) is 0 Å². The number of carbonyl (C=O) groups excluding carboxylic acids is 1. The Kier molecular flexibility index (Phi) is 3.55. The lowest BCUT2D eigenvalue weighted by Gasteiger charge is -2.07. The number of hydrogen-bond donors (Lipinski definition) is 1. The first-order valence-electron chi connectivity index (χ1n) is 3.76. The van der Waals surface area contributed by atoms with Gasteiger partial charge in [-0.05, 0) is 41.6 Å². The zero-order valence-corrected chi connectivity index (χ0v) is 9.96. The molecule has 0 aliphatic heterocycles. The highest BCUT2D eigenvalue weighted by Gasteiger charge is 2.15. The first-order chi connectivity index (χ1) is 6.04. The van der Waals surface area contributed by atoms with Crippen molar-refractivity contribution in [2.75, 3.05) is 5.73 Å². The predicted molar refractivity (Wildman–Crippen MR) is 63.2 cm³/mol. The summed E-state index contributed by atoms with van der Waals surface area (Å²) in [5.74, 6) is -0.127. The molecule has 2 nitrogen and oxygen atoms in total. The SMILES string of the molecule is CC(Cl)C(=O)c1cccc(I)c1N. The summed E-state index contributed by atoms with van der Waals surface area (Å²) in [5.41, 5.74) is 6.76. The topological polar surface area (TPSA) is 43.1 Å². The number of alkyl halides is 1. The van der Waals surface area contributed by atoms with Crippen molar-refractivity contribution >= 4 is 45.7 Å². The highest BCUT2D eigenvalue weighted by Crippen LogP contribution is 2.21. The van der Waals surface area contributed by atoms with E-state index in [0.717, 1.165) is 3.57 Å². The number of rotatable bonds is 2. The van der Waals surface area contributed by atoms with Crippen LogP contribution >= 0.6 is 34.2 Å². The van der Waals surface area contributed by atoms with Gasteiger partial charge in [-0.1, -0.05) is 6.07 Å². The summed E-state index contributed by atoms with van der Waals surface area (Å²) < 4.78 is 0.876. The zero-order valence-electron chi connectivity index (χ0n) is 7.05. The molecule has 0 aromatic heterocycles. The average Bonchev–Trinajstić information content (AvgIpc) is 2.08. The third-order valence-corrected chi connectivity index (χ3v) is 2.82.